The summed E-state index contributed by atoms with van der Waals surface area (Å²) < 4.78 is 5.41. The number of amidine groups is 1. The molecular weight excluding hydrogens is 391 g/mol. The van der Waals surface area contributed by atoms with Crippen molar-refractivity contribution in [2.24, 2.45) is 16.7 Å². The van der Waals surface area contributed by atoms with Gasteiger partial charge in [0.25, 0.3) is 5.91 Å². The molecule has 0 saturated carbocycles. The number of anilines is 2. The van der Waals surface area contributed by atoms with Gasteiger partial charge in [-0.05, 0) is 25.1 Å². The number of nitrogens with zero attached hydrogens (tertiary/aromatic N) is 2. The topological polar surface area (TPSA) is 122 Å². The van der Waals surface area contributed by atoms with Crippen LogP contribution in [-0.2, 0) is 4.74 Å². The van der Waals surface area contributed by atoms with Gasteiger partial charge in [0.15, 0.2) is 0 Å². The van der Waals surface area contributed by atoms with Crippen LogP contribution in [0.25, 0.3) is 0 Å². The monoisotopic (exact) mass is 410 g/mol. The highest BCUT2D eigenvalue weighted by molar-refractivity contribution is 6.44. The minimum Gasteiger partial charge on any atom is -0.382 e. The largest absolute Gasteiger partial charge is 0.382 e. The number of aromatic amines is 1. The smallest absolute Gasteiger partial charge is 0.273 e. The molecule has 0 bridgehead atoms. The number of nitrogens with one attached hydrogen (secondary N) is 2. The normalized spacial score (nSPS) is 15.1. The fourth-order valence-corrected chi connectivity index (χ4v) is 3.27. The lowest BCUT2D eigenvalue weighted by Gasteiger charge is -2.31. The van der Waals surface area contributed by atoms with Gasteiger partial charge in [-0.3, -0.25) is 4.79 Å². The number of aryl methyl sites for hydroxylation is 1. The molecule has 144 valence electrons. The molecule has 1 saturated heterocycles. The minimum absolute atomic E-state index is 0.190. The molecule has 0 atom stereocenters. The van der Waals surface area contributed by atoms with Gasteiger partial charge in [-0.2, -0.15) is 5.10 Å². The summed E-state index contributed by atoms with van der Waals surface area (Å²) in [7, 11) is 0. The fraction of sp³-hybridized carbons (Fsp3) is 0.294. The summed E-state index contributed by atoms with van der Waals surface area (Å²) in [5.74, 6) is 5.10. The van der Waals surface area contributed by atoms with Crippen LogP contribution in [0.4, 0.5) is 11.4 Å². The van der Waals surface area contributed by atoms with E-state index in [0.717, 1.165) is 5.69 Å². The first-order chi connectivity index (χ1) is 12.9. The summed E-state index contributed by atoms with van der Waals surface area (Å²) in [6.07, 6.45) is 0. The zero-order chi connectivity index (χ0) is 19.6. The quantitative estimate of drug-likeness (QED) is 0.266. The van der Waals surface area contributed by atoms with Gasteiger partial charge >= 0.3 is 0 Å². The third-order valence-electron chi connectivity index (χ3n) is 4.31. The van der Waals surface area contributed by atoms with Crippen molar-refractivity contribution in [3.63, 3.8) is 0 Å². The van der Waals surface area contributed by atoms with E-state index in [0.29, 0.717) is 48.3 Å². The van der Waals surface area contributed by atoms with E-state index in [1.807, 2.05) is 6.07 Å². The molecular formula is C17H20Cl2N6O2. The molecule has 2 heterocycles. The van der Waals surface area contributed by atoms with Crippen molar-refractivity contribution >= 4 is 46.3 Å². The molecule has 1 aromatic carbocycles. The lowest BCUT2D eigenvalue weighted by Crippen LogP contribution is -2.37. The van der Waals surface area contributed by atoms with E-state index in [2.05, 4.69) is 20.3 Å². The molecule has 1 amide bonds. The van der Waals surface area contributed by atoms with Gasteiger partial charge in [0, 0.05) is 24.3 Å². The molecule has 3 rings (SSSR count). The van der Waals surface area contributed by atoms with Crippen LogP contribution >= 0.6 is 23.2 Å². The van der Waals surface area contributed by atoms with E-state index in [1.165, 1.54) is 0 Å². The van der Waals surface area contributed by atoms with E-state index in [1.54, 1.807) is 19.1 Å². The van der Waals surface area contributed by atoms with E-state index >= 15 is 0 Å². The molecule has 2 aromatic rings. The number of benzene rings is 1. The number of nitrogens with two attached hydrogens (primary N) is 2. The summed E-state index contributed by atoms with van der Waals surface area (Å²) in [5, 5.41) is 6.94. The predicted molar refractivity (Wildman–Crippen MR) is 108 cm³/mol. The minimum atomic E-state index is -0.391. The Bertz CT molecular complexity index is 890. The Morgan fingerprint density at radius 1 is 1.30 bits per heavy atom. The Kier molecular flexibility index (Phi) is 5.79. The molecule has 8 nitrogen and oxygen atoms in total. The molecule has 0 unspecified atom stereocenters. The van der Waals surface area contributed by atoms with Gasteiger partial charge in [-0.15, -0.1) is 0 Å². The number of ether oxygens (including phenoxy) is 1. The van der Waals surface area contributed by atoms with Gasteiger partial charge < -0.3 is 31.5 Å². The van der Waals surface area contributed by atoms with Crippen molar-refractivity contribution < 1.29 is 9.53 Å². The molecule has 6 N–H and O–H groups in total. The van der Waals surface area contributed by atoms with E-state index in [-0.39, 0.29) is 16.6 Å². The first-order valence-corrected chi connectivity index (χ1v) is 9.03. The molecule has 27 heavy (non-hydrogen) atoms. The number of aromatic nitrogens is 1. The zero-order valence-electron chi connectivity index (χ0n) is 14.7. The first kappa shape index (κ1) is 19.3. The number of halogens is 2. The Balaban J connectivity index is 1.95. The van der Waals surface area contributed by atoms with Crippen molar-refractivity contribution in [2.45, 2.75) is 6.92 Å². The second kappa shape index (κ2) is 8.08. The molecule has 0 spiro atoms. The highest BCUT2D eigenvalue weighted by Gasteiger charge is 2.21. The van der Waals surface area contributed by atoms with Crippen LogP contribution in [0.5, 0.6) is 0 Å². The average molecular weight is 411 g/mol. The Morgan fingerprint density at radius 3 is 2.59 bits per heavy atom. The molecule has 0 aliphatic carbocycles. The molecule has 1 aliphatic heterocycles. The number of hydrogen-bond donors (Lipinski definition) is 4. The number of H-pyrrole nitrogens is 1. The lowest BCUT2D eigenvalue weighted by molar-refractivity contribution is 0.102. The number of carbonyl (C=O) groups excluding carboxylic acids is 1. The van der Waals surface area contributed by atoms with Crippen molar-refractivity contribution in [1.29, 1.82) is 0 Å². The summed E-state index contributed by atoms with van der Waals surface area (Å²) in [4.78, 5) is 17.7. The van der Waals surface area contributed by atoms with Gasteiger partial charge in [0.05, 0.1) is 34.6 Å². The molecule has 0 radical (unpaired) electrons. The third-order valence-corrected chi connectivity index (χ3v) is 5.26. The zero-order valence-corrected chi connectivity index (χ0v) is 16.2. The number of rotatable bonds is 4. The number of carbonyl (C=O) groups is 1. The van der Waals surface area contributed by atoms with E-state index < -0.39 is 5.91 Å². The summed E-state index contributed by atoms with van der Waals surface area (Å²) in [6.45, 7) is 4.29. The summed E-state index contributed by atoms with van der Waals surface area (Å²) in [5.41, 5.74) is 8.73. The first-order valence-electron chi connectivity index (χ1n) is 8.27. The van der Waals surface area contributed by atoms with Gasteiger partial charge in [0.2, 0.25) is 0 Å². The number of amides is 1. The number of hydrazone groups is 1. The van der Waals surface area contributed by atoms with Crippen LogP contribution in [0.3, 0.4) is 0 Å². The number of hydrogen-bond acceptors (Lipinski definition) is 5. The van der Waals surface area contributed by atoms with Crippen molar-refractivity contribution in [3.8, 4) is 0 Å². The average Bonchev–Trinajstić information content (AvgIpc) is 2.95. The number of morpholine rings is 1. The Labute approximate surface area is 166 Å². The van der Waals surface area contributed by atoms with Crippen LogP contribution in [0.2, 0.25) is 10.0 Å². The second-order valence-corrected chi connectivity index (χ2v) is 6.81. The fourth-order valence-electron chi connectivity index (χ4n) is 2.85. The van der Waals surface area contributed by atoms with Crippen LogP contribution in [-0.4, -0.2) is 43.0 Å². The SMILES string of the molecule is Cc1[nH]c(C(=O)Nc2ccc(/C(N)=N/N)cc2N2CCOCC2)c(Cl)c1Cl. The van der Waals surface area contributed by atoms with Crippen molar-refractivity contribution in [1.82, 2.24) is 4.98 Å². The summed E-state index contributed by atoms with van der Waals surface area (Å²) >= 11 is 12.2. The molecule has 1 fully saturated rings. The standard InChI is InChI=1S/C17H20Cl2N6O2/c1-9-13(18)14(19)15(22-9)17(26)23-11-3-2-10(16(20)24-21)8-12(11)25-4-6-27-7-5-25/h2-3,8,22H,4-7,21H2,1H3,(H2,20,24)(H,23,26). The van der Waals surface area contributed by atoms with Crippen molar-refractivity contribution in [3.05, 3.63) is 45.2 Å². The Morgan fingerprint density at radius 2 is 2.00 bits per heavy atom. The highest BCUT2D eigenvalue weighted by Crippen LogP contribution is 2.32. The van der Waals surface area contributed by atoms with Crippen LogP contribution in [0.15, 0.2) is 23.3 Å². The maximum atomic E-state index is 12.7. The maximum Gasteiger partial charge on any atom is 0.273 e. The van der Waals surface area contributed by atoms with Crippen molar-refractivity contribution in [2.75, 3.05) is 36.5 Å². The van der Waals surface area contributed by atoms with E-state index in [9.17, 15) is 4.79 Å². The maximum absolute atomic E-state index is 12.7. The van der Waals surface area contributed by atoms with Gasteiger partial charge in [0.1, 0.15) is 11.5 Å². The molecule has 1 aromatic heterocycles. The Hall–Kier alpha value is -2.42. The molecule has 1 aliphatic rings. The van der Waals surface area contributed by atoms with Gasteiger partial charge in [-0.25, -0.2) is 0 Å². The second-order valence-electron chi connectivity index (χ2n) is 6.05. The highest BCUT2D eigenvalue weighted by atomic mass is 35.5. The van der Waals surface area contributed by atoms with Gasteiger partial charge in [-0.1, -0.05) is 23.2 Å². The lowest BCUT2D eigenvalue weighted by atomic mass is 10.1. The van der Waals surface area contributed by atoms with E-state index in [4.69, 9.17) is 39.5 Å². The van der Waals surface area contributed by atoms with Crippen LogP contribution in [0.1, 0.15) is 21.7 Å². The summed E-state index contributed by atoms with van der Waals surface area (Å²) in [6, 6.07) is 5.32. The van der Waals surface area contributed by atoms with Crippen LogP contribution in [0, 0.1) is 6.92 Å². The van der Waals surface area contributed by atoms with Crippen LogP contribution < -0.4 is 21.8 Å². The molecule has 10 heteroatoms. The third kappa shape index (κ3) is 3.97. The predicted octanol–water partition coefficient (Wildman–Crippen LogP) is 2.30.